The molecule has 1 aliphatic rings. The van der Waals surface area contributed by atoms with Crippen LogP contribution >= 0.6 is 0 Å². The zero-order valence-corrected chi connectivity index (χ0v) is 13.2. The predicted octanol–water partition coefficient (Wildman–Crippen LogP) is 1.38. The fourth-order valence-corrected chi connectivity index (χ4v) is 2.85. The smallest absolute Gasteiger partial charge is 0.310 e. The van der Waals surface area contributed by atoms with Crippen LogP contribution in [0.5, 0.6) is 0 Å². The summed E-state index contributed by atoms with van der Waals surface area (Å²) >= 11 is 0. The first kappa shape index (κ1) is 17.0. The molecule has 5 heteroatoms. The van der Waals surface area contributed by atoms with Crippen molar-refractivity contribution in [2.45, 2.75) is 33.6 Å². The van der Waals surface area contributed by atoms with Gasteiger partial charge in [0.25, 0.3) is 0 Å². The van der Waals surface area contributed by atoms with Crippen LogP contribution in [0.2, 0.25) is 0 Å². The van der Waals surface area contributed by atoms with E-state index in [4.69, 9.17) is 4.74 Å². The molecule has 1 saturated heterocycles. The van der Waals surface area contributed by atoms with Crippen LogP contribution in [0.15, 0.2) is 0 Å². The summed E-state index contributed by atoms with van der Waals surface area (Å²) in [6.45, 7) is 9.68. The summed E-state index contributed by atoms with van der Waals surface area (Å²) in [6, 6.07) is 0. The third-order valence-electron chi connectivity index (χ3n) is 3.89. The number of likely N-dealkylation sites (tertiary alicyclic amines) is 1. The molecule has 1 rings (SSSR count). The van der Waals surface area contributed by atoms with Crippen LogP contribution in [-0.2, 0) is 14.3 Å². The van der Waals surface area contributed by atoms with Gasteiger partial charge in [0.2, 0.25) is 5.91 Å². The average molecular weight is 284 g/mol. The van der Waals surface area contributed by atoms with Gasteiger partial charge < -0.3 is 9.64 Å². The molecule has 0 bridgehead atoms. The molecule has 1 aliphatic heterocycles. The molecule has 1 fully saturated rings. The molecule has 0 radical (unpaired) electrons. The summed E-state index contributed by atoms with van der Waals surface area (Å²) in [5.41, 5.74) is 0. The molecule has 0 N–H and O–H groups in total. The lowest BCUT2D eigenvalue weighted by Crippen LogP contribution is -2.40. The minimum atomic E-state index is -0.161. The number of ether oxygens (including phenoxy) is 1. The molecule has 0 saturated carbocycles. The van der Waals surface area contributed by atoms with E-state index in [0.717, 1.165) is 32.5 Å². The predicted molar refractivity (Wildman–Crippen MR) is 78.3 cm³/mol. The maximum atomic E-state index is 12.3. The molecule has 5 nitrogen and oxygen atoms in total. The summed E-state index contributed by atoms with van der Waals surface area (Å²) in [4.78, 5) is 28.0. The Balaban J connectivity index is 2.52. The number of esters is 1. The molecule has 1 amide bonds. The van der Waals surface area contributed by atoms with Crippen molar-refractivity contribution < 1.29 is 14.3 Å². The number of amides is 1. The Hall–Kier alpha value is -1.10. The summed E-state index contributed by atoms with van der Waals surface area (Å²) < 4.78 is 4.82. The number of methoxy groups -OCH3 is 1. The standard InChI is InChI=1S/C15H28N2O3/c1-5-7-17(8-6-2)14(18)11-16-9-12(3)13(10-16)15(19)20-4/h12-13H,5-11H2,1-4H3. The van der Waals surface area contributed by atoms with Crippen LogP contribution in [0.1, 0.15) is 33.6 Å². The highest BCUT2D eigenvalue weighted by atomic mass is 16.5. The third kappa shape index (κ3) is 4.47. The van der Waals surface area contributed by atoms with Gasteiger partial charge in [-0.2, -0.15) is 0 Å². The molecule has 1 heterocycles. The highest BCUT2D eigenvalue weighted by Crippen LogP contribution is 2.23. The average Bonchev–Trinajstić information content (AvgIpc) is 2.78. The molecule has 116 valence electrons. The van der Waals surface area contributed by atoms with Crippen molar-refractivity contribution in [1.29, 1.82) is 0 Å². The maximum Gasteiger partial charge on any atom is 0.310 e. The lowest BCUT2D eigenvalue weighted by Gasteiger charge is -2.24. The zero-order chi connectivity index (χ0) is 15.1. The summed E-state index contributed by atoms with van der Waals surface area (Å²) in [5.74, 6) is 0.164. The van der Waals surface area contributed by atoms with Gasteiger partial charge in [-0.1, -0.05) is 20.8 Å². The lowest BCUT2D eigenvalue weighted by molar-refractivity contribution is -0.146. The lowest BCUT2D eigenvalue weighted by atomic mass is 9.99. The van der Waals surface area contributed by atoms with Crippen LogP contribution in [0, 0.1) is 11.8 Å². The molecule has 2 atom stereocenters. The number of nitrogens with zero attached hydrogens (tertiary/aromatic N) is 2. The van der Waals surface area contributed by atoms with Gasteiger partial charge in [0.1, 0.15) is 0 Å². The van der Waals surface area contributed by atoms with E-state index in [1.54, 1.807) is 0 Å². The van der Waals surface area contributed by atoms with Gasteiger partial charge in [-0.25, -0.2) is 0 Å². The quantitative estimate of drug-likeness (QED) is 0.663. The van der Waals surface area contributed by atoms with Crippen molar-refractivity contribution >= 4 is 11.9 Å². The van der Waals surface area contributed by atoms with E-state index < -0.39 is 0 Å². The summed E-state index contributed by atoms with van der Waals surface area (Å²) in [6.07, 6.45) is 1.96. The Morgan fingerprint density at radius 2 is 1.80 bits per heavy atom. The Bertz CT molecular complexity index is 327. The van der Waals surface area contributed by atoms with E-state index >= 15 is 0 Å². The van der Waals surface area contributed by atoms with Crippen LogP contribution in [-0.4, -0.2) is 61.5 Å². The van der Waals surface area contributed by atoms with Crippen molar-refractivity contribution in [3.63, 3.8) is 0 Å². The van der Waals surface area contributed by atoms with Gasteiger partial charge in [-0.05, 0) is 18.8 Å². The first-order valence-electron chi connectivity index (χ1n) is 7.61. The number of hydrogen-bond acceptors (Lipinski definition) is 4. The van der Waals surface area contributed by atoms with Crippen molar-refractivity contribution in [1.82, 2.24) is 9.80 Å². The molecular formula is C15H28N2O3. The van der Waals surface area contributed by atoms with E-state index in [2.05, 4.69) is 18.7 Å². The minimum Gasteiger partial charge on any atom is -0.469 e. The second-order valence-electron chi connectivity index (χ2n) is 5.68. The molecule has 0 aliphatic carbocycles. The van der Waals surface area contributed by atoms with Crippen molar-refractivity contribution in [2.75, 3.05) is 39.8 Å². The van der Waals surface area contributed by atoms with E-state index in [1.807, 2.05) is 11.8 Å². The van der Waals surface area contributed by atoms with Gasteiger partial charge >= 0.3 is 5.97 Å². The Morgan fingerprint density at radius 1 is 1.20 bits per heavy atom. The summed E-state index contributed by atoms with van der Waals surface area (Å²) in [5, 5.41) is 0. The largest absolute Gasteiger partial charge is 0.469 e. The fraction of sp³-hybridized carbons (Fsp3) is 0.867. The van der Waals surface area contributed by atoms with E-state index in [0.29, 0.717) is 13.1 Å². The molecule has 20 heavy (non-hydrogen) atoms. The van der Waals surface area contributed by atoms with Crippen molar-refractivity contribution in [2.24, 2.45) is 11.8 Å². The van der Waals surface area contributed by atoms with Gasteiger partial charge in [-0.15, -0.1) is 0 Å². The van der Waals surface area contributed by atoms with E-state index in [1.165, 1.54) is 7.11 Å². The molecular weight excluding hydrogens is 256 g/mol. The second kappa shape index (κ2) is 8.25. The first-order valence-corrected chi connectivity index (χ1v) is 7.61. The maximum absolute atomic E-state index is 12.3. The van der Waals surface area contributed by atoms with Gasteiger partial charge in [0, 0.05) is 26.2 Å². The minimum absolute atomic E-state index is 0.0985. The van der Waals surface area contributed by atoms with Crippen LogP contribution in [0.25, 0.3) is 0 Å². The van der Waals surface area contributed by atoms with Crippen LogP contribution < -0.4 is 0 Å². The number of carbonyl (C=O) groups excluding carboxylic acids is 2. The fourth-order valence-electron chi connectivity index (χ4n) is 2.85. The summed E-state index contributed by atoms with van der Waals surface area (Å²) in [7, 11) is 1.42. The Labute approximate surface area is 122 Å². The SMILES string of the molecule is CCCN(CCC)C(=O)CN1CC(C)C(C(=O)OC)C1. The van der Waals surface area contributed by atoms with Gasteiger partial charge in [0.05, 0.1) is 19.6 Å². The van der Waals surface area contributed by atoms with Crippen LogP contribution in [0.4, 0.5) is 0 Å². The Kier molecular flexibility index (Phi) is 6.99. The monoisotopic (exact) mass is 284 g/mol. The van der Waals surface area contributed by atoms with Crippen molar-refractivity contribution in [3.05, 3.63) is 0 Å². The molecule has 2 unspecified atom stereocenters. The molecule has 0 spiro atoms. The van der Waals surface area contributed by atoms with Gasteiger partial charge in [0.15, 0.2) is 0 Å². The van der Waals surface area contributed by atoms with Gasteiger partial charge in [-0.3, -0.25) is 14.5 Å². The molecule has 0 aromatic heterocycles. The van der Waals surface area contributed by atoms with E-state index in [9.17, 15) is 9.59 Å². The third-order valence-corrected chi connectivity index (χ3v) is 3.89. The van der Waals surface area contributed by atoms with E-state index in [-0.39, 0.29) is 23.7 Å². The Morgan fingerprint density at radius 3 is 2.30 bits per heavy atom. The number of rotatable bonds is 7. The molecule has 0 aromatic rings. The number of carbonyl (C=O) groups is 2. The second-order valence-corrected chi connectivity index (χ2v) is 5.68. The zero-order valence-electron chi connectivity index (χ0n) is 13.2. The molecule has 0 aromatic carbocycles. The first-order chi connectivity index (χ1) is 9.53. The van der Waals surface area contributed by atoms with Crippen LogP contribution in [0.3, 0.4) is 0 Å². The topological polar surface area (TPSA) is 49.9 Å². The highest BCUT2D eigenvalue weighted by Gasteiger charge is 2.36. The van der Waals surface area contributed by atoms with Crippen molar-refractivity contribution in [3.8, 4) is 0 Å². The number of hydrogen-bond donors (Lipinski definition) is 0. The highest BCUT2D eigenvalue weighted by molar-refractivity contribution is 5.78. The normalized spacial score (nSPS) is 22.8.